The van der Waals surface area contributed by atoms with Crippen molar-refractivity contribution in [2.75, 3.05) is 13.1 Å². The van der Waals surface area contributed by atoms with Crippen molar-refractivity contribution in [3.05, 3.63) is 67.6 Å². The Labute approximate surface area is 147 Å². The van der Waals surface area contributed by atoms with E-state index in [9.17, 15) is 0 Å². The van der Waals surface area contributed by atoms with Crippen LogP contribution in [-0.4, -0.2) is 13.1 Å². The second kappa shape index (κ2) is 6.82. The van der Waals surface area contributed by atoms with Gasteiger partial charge in [0, 0.05) is 26.4 Å². The Kier molecular flexibility index (Phi) is 5.05. The van der Waals surface area contributed by atoms with Crippen LogP contribution in [0, 0.1) is 0 Å². The lowest BCUT2D eigenvalue weighted by Gasteiger charge is -2.34. The average Bonchev–Trinajstić information content (AvgIpc) is 2.48. The maximum Gasteiger partial charge on any atom is 0.0417 e. The van der Waals surface area contributed by atoms with Crippen molar-refractivity contribution in [3.8, 4) is 0 Å². The van der Waals surface area contributed by atoms with Crippen LogP contribution in [0.1, 0.15) is 29.4 Å². The molecule has 0 bridgehead atoms. The number of hydrogen-bond acceptors (Lipinski definition) is 1. The second-order valence-corrected chi connectivity index (χ2v) is 7.54. The number of nitrogens with one attached hydrogen (secondary N) is 1. The van der Waals surface area contributed by atoms with E-state index in [1.54, 1.807) is 0 Å². The minimum atomic E-state index is 0.465. The van der Waals surface area contributed by atoms with E-state index in [4.69, 9.17) is 11.6 Å². The van der Waals surface area contributed by atoms with Crippen LogP contribution in [0.15, 0.2) is 51.4 Å². The van der Waals surface area contributed by atoms with Gasteiger partial charge in [0.1, 0.15) is 0 Å². The maximum atomic E-state index is 6.08. The van der Waals surface area contributed by atoms with Gasteiger partial charge in [-0.15, -0.1) is 0 Å². The first kappa shape index (κ1) is 15.5. The molecule has 1 nitrogen and oxygen atoms in total. The molecule has 0 aromatic heterocycles. The van der Waals surface area contributed by atoms with E-state index >= 15 is 0 Å². The molecule has 1 aliphatic rings. The number of piperidine rings is 1. The highest BCUT2D eigenvalue weighted by molar-refractivity contribution is 9.10. The summed E-state index contributed by atoms with van der Waals surface area (Å²) in [4.78, 5) is 0. The molecule has 0 spiro atoms. The first-order chi connectivity index (χ1) is 10.2. The highest BCUT2D eigenvalue weighted by Gasteiger charge is 2.30. The van der Waals surface area contributed by atoms with Crippen molar-refractivity contribution in [2.24, 2.45) is 0 Å². The van der Waals surface area contributed by atoms with Crippen molar-refractivity contribution in [2.45, 2.75) is 18.3 Å². The molecule has 0 aliphatic carbocycles. The van der Waals surface area contributed by atoms with Gasteiger partial charge in [0.2, 0.25) is 0 Å². The molecule has 2 unspecified atom stereocenters. The van der Waals surface area contributed by atoms with E-state index in [1.807, 2.05) is 12.1 Å². The quantitative estimate of drug-likeness (QED) is 0.643. The Hall–Kier alpha value is -0.350. The molecule has 1 aliphatic heterocycles. The standard InChI is InChI=1S/C17H16Br2ClN/c18-16-4-2-1-3-13(16)15-10-21-8-7-12(15)14-6-5-11(20)9-17(14)19/h1-6,9,12,15,21H,7-8,10H2. The van der Waals surface area contributed by atoms with Crippen LogP contribution in [0.4, 0.5) is 0 Å². The van der Waals surface area contributed by atoms with Gasteiger partial charge in [-0.3, -0.25) is 0 Å². The molecule has 2 atom stereocenters. The summed E-state index contributed by atoms with van der Waals surface area (Å²) >= 11 is 13.5. The fraction of sp³-hybridized carbons (Fsp3) is 0.294. The fourth-order valence-electron chi connectivity index (χ4n) is 3.14. The van der Waals surface area contributed by atoms with Crippen LogP contribution in [0.25, 0.3) is 0 Å². The van der Waals surface area contributed by atoms with Gasteiger partial charge in [0.15, 0.2) is 0 Å². The molecular formula is C17H16Br2ClN. The zero-order valence-electron chi connectivity index (χ0n) is 11.5. The maximum absolute atomic E-state index is 6.08. The molecule has 4 heteroatoms. The Morgan fingerprint density at radius 2 is 1.71 bits per heavy atom. The monoisotopic (exact) mass is 427 g/mol. The first-order valence-corrected chi connectivity index (χ1v) is 9.03. The zero-order valence-corrected chi connectivity index (χ0v) is 15.4. The zero-order chi connectivity index (χ0) is 14.8. The fourth-order valence-corrected chi connectivity index (χ4v) is 4.69. The molecule has 110 valence electrons. The normalized spacial score (nSPS) is 22.2. The van der Waals surface area contributed by atoms with Gasteiger partial charge in [-0.2, -0.15) is 0 Å². The molecule has 1 saturated heterocycles. The minimum Gasteiger partial charge on any atom is -0.316 e. The van der Waals surface area contributed by atoms with Crippen LogP contribution < -0.4 is 5.32 Å². The molecular weight excluding hydrogens is 413 g/mol. The van der Waals surface area contributed by atoms with Crippen molar-refractivity contribution in [1.82, 2.24) is 5.32 Å². The van der Waals surface area contributed by atoms with Gasteiger partial charge in [0.25, 0.3) is 0 Å². The van der Waals surface area contributed by atoms with E-state index in [-0.39, 0.29) is 0 Å². The van der Waals surface area contributed by atoms with Crippen molar-refractivity contribution < 1.29 is 0 Å². The molecule has 3 rings (SSSR count). The van der Waals surface area contributed by atoms with Crippen molar-refractivity contribution >= 4 is 43.5 Å². The topological polar surface area (TPSA) is 12.0 Å². The highest BCUT2D eigenvalue weighted by atomic mass is 79.9. The third-order valence-electron chi connectivity index (χ3n) is 4.15. The van der Waals surface area contributed by atoms with Crippen molar-refractivity contribution in [3.63, 3.8) is 0 Å². The smallest absolute Gasteiger partial charge is 0.0417 e. The van der Waals surface area contributed by atoms with E-state index in [1.165, 1.54) is 15.6 Å². The van der Waals surface area contributed by atoms with E-state index < -0.39 is 0 Å². The molecule has 21 heavy (non-hydrogen) atoms. The summed E-state index contributed by atoms with van der Waals surface area (Å²) in [7, 11) is 0. The van der Waals surface area contributed by atoms with Crippen LogP contribution in [0.2, 0.25) is 5.02 Å². The van der Waals surface area contributed by atoms with E-state index in [0.29, 0.717) is 11.8 Å². The summed E-state index contributed by atoms with van der Waals surface area (Å²) in [6.07, 6.45) is 1.13. The van der Waals surface area contributed by atoms with Crippen LogP contribution in [0.3, 0.4) is 0 Å². The summed E-state index contributed by atoms with van der Waals surface area (Å²) in [6, 6.07) is 14.7. The summed E-state index contributed by atoms with van der Waals surface area (Å²) in [5.41, 5.74) is 2.72. The Bertz CT molecular complexity index is 644. The third kappa shape index (κ3) is 3.37. The number of halogens is 3. The number of hydrogen-bond donors (Lipinski definition) is 1. The number of rotatable bonds is 2. The second-order valence-electron chi connectivity index (χ2n) is 5.39. The highest BCUT2D eigenvalue weighted by Crippen LogP contribution is 2.42. The van der Waals surface area contributed by atoms with Gasteiger partial charge in [0.05, 0.1) is 0 Å². The molecule has 2 aromatic rings. The Morgan fingerprint density at radius 1 is 0.952 bits per heavy atom. The van der Waals surface area contributed by atoms with Gasteiger partial charge < -0.3 is 5.32 Å². The third-order valence-corrected chi connectivity index (χ3v) is 5.79. The lowest BCUT2D eigenvalue weighted by molar-refractivity contribution is 0.402. The van der Waals surface area contributed by atoms with Gasteiger partial charge in [-0.1, -0.05) is 67.7 Å². The summed E-state index contributed by atoms with van der Waals surface area (Å²) in [5, 5.41) is 4.30. The summed E-state index contributed by atoms with van der Waals surface area (Å²) in [5.74, 6) is 0.961. The minimum absolute atomic E-state index is 0.465. The molecule has 1 N–H and O–H groups in total. The van der Waals surface area contributed by atoms with E-state index in [0.717, 1.165) is 29.0 Å². The molecule has 0 saturated carbocycles. The average molecular weight is 430 g/mol. The first-order valence-electron chi connectivity index (χ1n) is 7.07. The largest absolute Gasteiger partial charge is 0.316 e. The van der Waals surface area contributed by atoms with Gasteiger partial charge >= 0.3 is 0 Å². The van der Waals surface area contributed by atoms with Crippen LogP contribution >= 0.6 is 43.5 Å². The predicted octanol–water partition coefficient (Wildman–Crippen LogP) is 5.73. The van der Waals surface area contributed by atoms with E-state index in [2.05, 4.69) is 67.5 Å². The lowest BCUT2D eigenvalue weighted by Crippen LogP contribution is -2.34. The summed E-state index contributed by atoms with van der Waals surface area (Å²) < 4.78 is 2.30. The SMILES string of the molecule is Clc1ccc(C2CCNCC2c2ccccc2Br)c(Br)c1. The molecule has 1 fully saturated rings. The summed E-state index contributed by atoms with van der Waals surface area (Å²) in [6.45, 7) is 2.06. The van der Waals surface area contributed by atoms with Gasteiger partial charge in [-0.25, -0.2) is 0 Å². The molecule has 2 aromatic carbocycles. The van der Waals surface area contributed by atoms with Crippen molar-refractivity contribution in [1.29, 1.82) is 0 Å². The molecule has 0 amide bonds. The Balaban J connectivity index is 2.00. The molecule has 1 heterocycles. The number of benzene rings is 2. The van der Waals surface area contributed by atoms with Crippen LogP contribution in [0.5, 0.6) is 0 Å². The predicted molar refractivity (Wildman–Crippen MR) is 96.3 cm³/mol. The lowest BCUT2D eigenvalue weighted by atomic mass is 9.77. The Morgan fingerprint density at radius 3 is 2.48 bits per heavy atom. The van der Waals surface area contributed by atoms with Crippen LogP contribution in [-0.2, 0) is 0 Å². The molecule has 0 radical (unpaired) electrons. The van der Waals surface area contributed by atoms with Gasteiger partial charge in [-0.05, 0) is 48.2 Å².